The summed E-state index contributed by atoms with van der Waals surface area (Å²) in [4.78, 5) is 13.1. The molecule has 5 nitrogen and oxygen atoms in total. The van der Waals surface area contributed by atoms with Crippen LogP contribution in [0.5, 0.6) is 5.75 Å². The lowest BCUT2D eigenvalue weighted by molar-refractivity contribution is -0.138. The fourth-order valence-corrected chi connectivity index (χ4v) is 5.25. The van der Waals surface area contributed by atoms with Gasteiger partial charge in [0.2, 0.25) is 0 Å². The number of carboxylic acid groups (broad SMARTS) is 1. The molecule has 2 N–H and O–H groups in total. The normalized spacial score (nSPS) is 12.8. The van der Waals surface area contributed by atoms with Crippen LogP contribution >= 0.6 is 23.5 Å². The van der Waals surface area contributed by atoms with Crippen LogP contribution in [0.4, 0.5) is 13.2 Å². The van der Waals surface area contributed by atoms with Crippen molar-refractivity contribution >= 4 is 29.4 Å². The van der Waals surface area contributed by atoms with E-state index in [4.69, 9.17) is 26.1 Å². The minimum absolute atomic E-state index is 0.0626. The first-order valence-corrected chi connectivity index (χ1v) is 14.6. The molecule has 0 spiro atoms. The smallest absolute Gasteiger partial charge is 0.416 e. The van der Waals surface area contributed by atoms with Gasteiger partial charge in [-0.2, -0.15) is 13.2 Å². The first-order chi connectivity index (χ1) is 21.1. The summed E-state index contributed by atoms with van der Waals surface area (Å²) in [6, 6.07) is 32.0. The van der Waals surface area contributed by atoms with E-state index in [9.17, 15) is 18.0 Å². The second kappa shape index (κ2) is 17.1. The molecule has 0 fully saturated rings. The van der Waals surface area contributed by atoms with E-state index in [1.165, 1.54) is 6.07 Å². The molecule has 0 aliphatic rings. The summed E-state index contributed by atoms with van der Waals surface area (Å²) in [7, 11) is 0. The van der Waals surface area contributed by atoms with Gasteiger partial charge in [-0.3, -0.25) is 14.4 Å². The van der Waals surface area contributed by atoms with Gasteiger partial charge in [-0.05, 0) is 46.5 Å². The van der Waals surface area contributed by atoms with E-state index in [1.54, 1.807) is 30.3 Å². The molecule has 0 amide bonds. The Morgan fingerprint density at radius 1 is 0.818 bits per heavy atom. The fourth-order valence-electron chi connectivity index (χ4n) is 4.95. The van der Waals surface area contributed by atoms with Crippen LogP contribution in [0, 0.1) is 5.92 Å². The maximum atomic E-state index is 13.5. The molecule has 2 atom stereocenters. The molecule has 0 aromatic heterocycles. The Labute approximate surface area is 265 Å². The van der Waals surface area contributed by atoms with Crippen molar-refractivity contribution in [1.29, 1.82) is 0 Å². The lowest BCUT2D eigenvalue weighted by Gasteiger charge is -2.34. The van der Waals surface area contributed by atoms with Crippen molar-refractivity contribution in [1.82, 2.24) is 4.90 Å². The van der Waals surface area contributed by atoms with Gasteiger partial charge in [0, 0.05) is 24.9 Å². The number of hydrogen-bond donors (Lipinski definition) is 2. The van der Waals surface area contributed by atoms with Gasteiger partial charge in [0.05, 0.1) is 30.5 Å². The number of aliphatic carboxylic acids is 1. The molecule has 4 rings (SSSR count). The van der Waals surface area contributed by atoms with Crippen molar-refractivity contribution in [2.75, 3.05) is 19.7 Å². The van der Waals surface area contributed by atoms with E-state index < -0.39 is 23.2 Å². The minimum atomic E-state index is -4.48. The Balaban J connectivity index is 0.00000259. The highest BCUT2D eigenvalue weighted by Crippen LogP contribution is 2.36. The van der Waals surface area contributed by atoms with Gasteiger partial charge in [0.1, 0.15) is 11.3 Å². The largest absolute Gasteiger partial charge is 0.493 e. The zero-order valence-corrected chi connectivity index (χ0v) is 25.5. The Bertz CT molecular complexity index is 1400. The van der Waals surface area contributed by atoms with Crippen molar-refractivity contribution in [3.05, 3.63) is 137 Å². The molecule has 0 radical (unpaired) electrons. The average Bonchev–Trinajstić information content (AvgIpc) is 3.03. The molecule has 0 saturated heterocycles. The van der Waals surface area contributed by atoms with Crippen molar-refractivity contribution < 1.29 is 32.5 Å². The third kappa shape index (κ3) is 10.6. The Morgan fingerprint density at radius 3 is 1.95 bits per heavy atom. The maximum absolute atomic E-state index is 13.5. The number of nitrogens with zero attached hydrogens (tertiary/aromatic N) is 1. The van der Waals surface area contributed by atoms with Crippen LogP contribution in [0.2, 0.25) is 0 Å². The molecule has 0 heterocycles. The van der Waals surface area contributed by atoms with E-state index >= 15 is 0 Å². The van der Waals surface area contributed by atoms with Crippen molar-refractivity contribution in [2.45, 2.75) is 30.9 Å². The van der Waals surface area contributed by atoms with Crippen LogP contribution in [0.3, 0.4) is 0 Å². The molecule has 44 heavy (non-hydrogen) atoms. The monoisotopic (exact) mass is 647 g/mol. The first kappa shape index (κ1) is 34.9. The van der Waals surface area contributed by atoms with Crippen LogP contribution in [0.1, 0.15) is 46.2 Å². The van der Waals surface area contributed by atoms with Gasteiger partial charge in [0.25, 0.3) is 0 Å². The standard InChI is InChI=1S/C34H33ClF3NO3.ClHO/c1-24(23-42-30-17-8-10-25(18-30)19-32(40)41)21-39(33(35)28-15-9-16-29(20-28)34(36,37)38)22-31(26-11-4-2-5-12-26)27-13-6-3-7-14-27;1-2/h2-18,20,24,31,33H,19,21-23H2,1H3,(H,40,41);2H/t24-,33?;/m1./s1. The predicted molar refractivity (Wildman–Crippen MR) is 167 cm³/mol. The van der Waals surface area contributed by atoms with Crippen molar-refractivity contribution in [3.8, 4) is 5.75 Å². The minimum Gasteiger partial charge on any atom is -0.493 e. The zero-order valence-electron chi connectivity index (χ0n) is 24.0. The van der Waals surface area contributed by atoms with Crippen LogP contribution in [0.25, 0.3) is 0 Å². The summed E-state index contributed by atoms with van der Waals surface area (Å²) < 4.78 is 53.1. The maximum Gasteiger partial charge on any atom is 0.416 e. The van der Waals surface area contributed by atoms with Gasteiger partial charge in [-0.25, -0.2) is 0 Å². The van der Waals surface area contributed by atoms with Crippen molar-refractivity contribution in [3.63, 3.8) is 0 Å². The van der Waals surface area contributed by atoms with E-state index in [1.807, 2.05) is 72.5 Å². The Hall–Kier alpha value is -3.56. The lowest BCUT2D eigenvalue weighted by atomic mass is 9.90. The number of carboxylic acids is 1. The fraction of sp³-hybridized carbons (Fsp3) is 0.265. The molecule has 234 valence electrons. The van der Waals surface area contributed by atoms with Crippen LogP contribution < -0.4 is 4.74 Å². The average molecular weight is 649 g/mol. The van der Waals surface area contributed by atoms with E-state index in [-0.39, 0.29) is 18.3 Å². The van der Waals surface area contributed by atoms with E-state index in [2.05, 4.69) is 11.9 Å². The molecule has 0 bridgehead atoms. The summed E-state index contributed by atoms with van der Waals surface area (Å²) in [6.45, 7) is 3.19. The predicted octanol–water partition coefficient (Wildman–Crippen LogP) is 8.55. The summed E-state index contributed by atoms with van der Waals surface area (Å²) in [5, 5.41) is 9.10. The van der Waals surface area contributed by atoms with E-state index in [0.29, 0.717) is 36.6 Å². The van der Waals surface area contributed by atoms with Gasteiger partial charge in [0.15, 0.2) is 0 Å². The second-order valence-electron chi connectivity index (χ2n) is 10.4. The molecule has 0 aliphatic carbocycles. The SMILES string of the molecule is C[C@@H](COc1cccc(CC(=O)O)c1)CN(CC(c1ccccc1)c1ccccc1)C(Cl)c1cccc(C(F)(F)F)c1.OCl. The van der Waals surface area contributed by atoms with Gasteiger partial charge < -0.3 is 9.84 Å². The topological polar surface area (TPSA) is 70.0 Å². The number of alkyl halides is 4. The third-order valence-corrected chi connectivity index (χ3v) is 7.49. The first-order valence-electron chi connectivity index (χ1n) is 13.9. The van der Waals surface area contributed by atoms with Gasteiger partial charge in [-0.15, -0.1) is 11.6 Å². The van der Waals surface area contributed by atoms with E-state index in [0.717, 1.165) is 23.3 Å². The molecule has 4 aromatic rings. The lowest BCUT2D eigenvalue weighted by Crippen LogP contribution is -2.36. The summed E-state index contributed by atoms with van der Waals surface area (Å²) in [5.74, 6) is -0.517. The van der Waals surface area contributed by atoms with Crippen LogP contribution in [-0.4, -0.2) is 40.3 Å². The summed E-state index contributed by atoms with van der Waals surface area (Å²) in [6.07, 6.45) is -4.59. The highest BCUT2D eigenvalue weighted by atomic mass is 35.5. The molecule has 10 heteroatoms. The number of carbonyl (C=O) groups is 1. The molecule has 0 aliphatic heterocycles. The number of ether oxygens (including phenoxy) is 1. The van der Waals surface area contributed by atoms with Crippen molar-refractivity contribution in [2.24, 2.45) is 5.92 Å². The number of rotatable bonds is 13. The van der Waals surface area contributed by atoms with Crippen LogP contribution in [-0.2, 0) is 17.4 Å². The summed E-state index contributed by atoms with van der Waals surface area (Å²) >= 11 is 10.6. The molecule has 4 aromatic carbocycles. The molecule has 1 unspecified atom stereocenters. The summed E-state index contributed by atoms with van der Waals surface area (Å²) in [5.41, 5.74) is 1.56. The quantitative estimate of drug-likeness (QED) is 0.112. The zero-order chi connectivity index (χ0) is 32.1. The highest BCUT2D eigenvalue weighted by molar-refractivity contribution is 6.20. The number of hydrogen-bond acceptors (Lipinski definition) is 4. The second-order valence-corrected chi connectivity index (χ2v) is 10.8. The molecular formula is C34H34Cl2F3NO4. The Kier molecular flexibility index (Phi) is 13.5. The number of benzene rings is 4. The third-order valence-electron chi connectivity index (χ3n) is 6.97. The van der Waals surface area contributed by atoms with Crippen LogP contribution in [0.15, 0.2) is 109 Å². The van der Waals surface area contributed by atoms with Gasteiger partial charge >= 0.3 is 12.1 Å². The van der Waals surface area contributed by atoms with Gasteiger partial charge in [-0.1, -0.05) is 91.9 Å². The highest BCUT2D eigenvalue weighted by Gasteiger charge is 2.32. The number of halogens is 5. The molecular weight excluding hydrogens is 614 g/mol. The molecule has 0 saturated carbocycles. The Morgan fingerprint density at radius 2 is 1.39 bits per heavy atom.